The maximum absolute atomic E-state index is 2.29. The van der Waals surface area contributed by atoms with Crippen LogP contribution in [0.2, 0.25) is 0 Å². The largest absolute Gasteiger partial charge is 0.162 e. The second-order valence-corrected chi connectivity index (χ2v) is 6.09. The predicted octanol–water partition coefficient (Wildman–Crippen LogP) is 6.88. The zero-order valence-electron chi connectivity index (χ0n) is 13.8. The van der Waals surface area contributed by atoms with E-state index in [4.69, 9.17) is 0 Å². The topological polar surface area (TPSA) is 0 Å². The SMILES string of the molecule is CCC=CCC=CCC=CCC=CCC=CCCSCC. The summed E-state index contributed by atoms with van der Waals surface area (Å²) in [6, 6.07) is 0. The third-order valence-electron chi connectivity index (χ3n) is 2.79. The molecule has 0 aromatic carbocycles. The van der Waals surface area contributed by atoms with Gasteiger partial charge in [-0.15, -0.1) is 0 Å². The first-order valence-corrected chi connectivity index (χ1v) is 9.40. The van der Waals surface area contributed by atoms with Gasteiger partial charge < -0.3 is 0 Å². The highest BCUT2D eigenvalue weighted by atomic mass is 32.2. The van der Waals surface area contributed by atoms with Crippen LogP contribution in [-0.4, -0.2) is 11.5 Å². The molecule has 0 fully saturated rings. The minimum Gasteiger partial charge on any atom is -0.162 e. The Balaban J connectivity index is 3.41. The minimum absolute atomic E-state index is 1.04. The van der Waals surface area contributed by atoms with Crippen LogP contribution in [0, 0.1) is 0 Å². The minimum atomic E-state index is 1.04. The van der Waals surface area contributed by atoms with Crippen molar-refractivity contribution >= 4 is 11.8 Å². The van der Waals surface area contributed by atoms with E-state index in [-0.39, 0.29) is 0 Å². The van der Waals surface area contributed by atoms with Gasteiger partial charge in [-0.25, -0.2) is 0 Å². The summed E-state index contributed by atoms with van der Waals surface area (Å²) >= 11 is 2.01. The molecule has 0 amide bonds. The van der Waals surface area contributed by atoms with Gasteiger partial charge in [0.05, 0.1) is 0 Å². The zero-order chi connectivity index (χ0) is 15.4. The molecule has 0 radical (unpaired) electrons. The molecular formula is C20H32S. The fraction of sp³-hybridized carbons (Fsp3) is 0.500. The molecule has 0 aliphatic carbocycles. The molecule has 0 rings (SSSR count). The van der Waals surface area contributed by atoms with E-state index in [1.807, 2.05) is 11.8 Å². The van der Waals surface area contributed by atoms with Gasteiger partial charge in [-0.2, -0.15) is 11.8 Å². The molecule has 0 aliphatic rings. The van der Waals surface area contributed by atoms with Crippen LogP contribution < -0.4 is 0 Å². The third-order valence-corrected chi connectivity index (χ3v) is 3.72. The lowest BCUT2D eigenvalue weighted by Crippen LogP contribution is -1.75. The standard InChI is InChI=1S/C20H32S/c1-3-5-6-7-8-9-10-11-12-13-14-15-16-17-18-19-20-21-4-2/h5-6,8-9,11-12,14-15,17-18H,3-4,7,10,13,16,19-20H2,1-2H3. The Morgan fingerprint density at radius 1 is 0.571 bits per heavy atom. The van der Waals surface area contributed by atoms with Crippen LogP contribution in [0.3, 0.4) is 0 Å². The number of allylic oxidation sites excluding steroid dienone is 10. The monoisotopic (exact) mass is 304 g/mol. The second kappa shape index (κ2) is 19.1. The van der Waals surface area contributed by atoms with Gasteiger partial charge in [0.25, 0.3) is 0 Å². The van der Waals surface area contributed by atoms with E-state index in [0.717, 1.165) is 32.1 Å². The predicted molar refractivity (Wildman–Crippen MR) is 102 cm³/mol. The van der Waals surface area contributed by atoms with Crippen LogP contribution in [0.15, 0.2) is 60.8 Å². The third kappa shape index (κ3) is 19.0. The van der Waals surface area contributed by atoms with Gasteiger partial charge in [0.15, 0.2) is 0 Å². The van der Waals surface area contributed by atoms with E-state index < -0.39 is 0 Å². The lowest BCUT2D eigenvalue weighted by Gasteiger charge is -1.91. The van der Waals surface area contributed by atoms with Gasteiger partial charge in [-0.1, -0.05) is 74.6 Å². The van der Waals surface area contributed by atoms with Gasteiger partial charge >= 0.3 is 0 Å². The smallest absolute Gasteiger partial charge is 0.00330 e. The first-order chi connectivity index (χ1) is 10.4. The highest BCUT2D eigenvalue weighted by Gasteiger charge is 1.80. The van der Waals surface area contributed by atoms with Crippen LogP contribution >= 0.6 is 11.8 Å². The molecule has 0 spiro atoms. The van der Waals surface area contributed by atoms with Crippen molar-refractivity contribution < 1.29 is 0 Å². The Hall–Kier alpha value is -0.950. The molecule has 0 aromatic rings. The van der Waals surface area contributed by atoms with Crippen LogP contribution in [0.4, 0.5) is 0 Å². The summed E-state index contributed by atoms with van der Waals surface area (Å²) < 4.78 is 0. The van der Waals surface area contributed by atoms with E-state index in [0.29, 0.717) is 0 Å². The molecule has 0 unspecified atom stereocenters. The van der Waals surface area contributed by atoms with Crippen molar-refractivity contribution in [2.24, 2.45) is 0 Å². The average molecular weight is 305 g/mol. The van der Waals surface area contributed by atoms with Gasteiger partial charge in [0, 0.05) is 0 Å². The maximum Gasteiger partial charge on any atom is -0.00330 e. The van der Waals surface area contributed by atoms with Crippen molar-refractivity contribution in [2.75, 3.05) is 11.5 Å². The van der Waals surface area contributed by atoms with E-state index >= 15 is 0 Å². The molecule has 0 heterocycles. The summed E-state index contributed by atoms with van der Waals surface area (Å²) in [7, 11) is 0. The first kappa shape index (κ1) is 20.1. The van der Waals surface area contributed by atoms with Crippen LogP contribution in [-0.2, 0) is 0 Å². The number of hydrogen-bond donors (Lipinski definition) is 0. The van der Waals surface area contributed by atoms with E-state index in [2.05, 4.69) is 74.6 Å². The van der Waals surface area contributed by atoms with E-state index in [1.165, 1.54) is 17.9 Å². The van der Waals surface area contributed by atoms with Crippen LogP contribution in [0.5, 0.6) is 0 Å². The van der Waals surface area contributed by atoms with Gasteiger partial charge in [-0.05, 0) is 50.0 Å². The van der Waals surface area contributed by atoms with E-state index in [1.54, 1.807) is 0 Å². The molecule has 0 bridgehead atoms. The molecule has 0 N–H and O–H groups in total. The van der Waals surface area contributed by atoms with Gasteiger partial charge in [0.2, 0.25) is 0 Å². The molecule has 0 saturated carbocycles. The molecule has 21 heavy (non-hydrogen) atoms. The Morgan fingerprint density at radius 3 is 1.43 bits per heavy atom. The summed E-state index contributed by atoms with van der Waals surface area (Å²) in [5.74, 6) is 2.48. The molecular weight excluding hydrogens is 272 g/mol. The summed E-state index contributed by atoms with van der Waals surface area (Å²) in [4.78, 5) is 0. The first-order valence-electron chi connectivity index (χ1n) is 8.24. The van der Waals surface area contributed by atoms with Crippen LogP contribution in [0.1, 0.15) is 52.4 Å². The van der Waals surface area contributed by atoms with Crippen molar-refractivity contribution in [1.82, 2.24) is 0 Å². The molecule has 0 aliphatic heterocycles. The molecule has 0 nitrogen and oxygen atoms in total. The fourth-order valence-corrected chi connectivity index (χ4v) is 2.26. The number of rotatable bonds is 13. The Bertz CT molecular complexity index is 332. The number of thioether (sulfide) groups is 1. The van der Waals surface area contributed by atoms with Gasteiger partial charge in [-0.3, -0.25) is 0 Å². The van der Waals surface area contributed by atoms with Gasteiger partial charge in [0.1, 0.15) is 0 Å². The summed E-state index contributed by atoms with van der Waals surface area (Å²) in [6.07, 6.45) is 29.0. The summed E-state index contributed by atoms with van der Waals surface area (Å²) in [6.45, 7) is 4.38. The zero-order valence-corrected chi connectivity index (χ0v) is 14.7. The van der Waals surface area contributed by atoms with Crippen molar-refractivity contribution in [2.45, 2.75) is 52.4 Å². The Morgan fingerprint density at radius 2 is 1.00 bits per heavy atom. The van der Waals surface area contributed by atoms with E-state index in [9.17, 15) is 0 Å². The highest BCUT2D eigenvalue weighted by molar-refractivity contribution is 7.99. The Labute approximate surface area is 136 Å². The summed E-state index contributed by atoms with van der Waals surface area (Å²) in [5.41, 5.74) is 0. The average Bonchev–Trinajstić information content (AvgIpc) is 2.50. The normalized spacial score (nSPS) is 13.0. The molecule has 0 atom stereocenters. The van der Waals surface area contributed by atoms with Crippen LogP contribution in [0.25, 0.3) is 0 Å². The second-order valence-electron chi connectivity index (χ2n) is 4.69. The van der Waals surface area contributed by atoms with Crippen molar-refractivity contribution in [3.05, 3.63) is 60.8 Å². The maximum atomic E-state index is 2.29. The van der Waals surface area contributed by atoms with Crippen molar-refractivity contribution in [3.8, 4) is 0 Å². The number of hydrogen-bond acceptors (Lipinski definition) is 1. The fourth-order valence-electron chi connectivity index (χ4n) is 1.66. The molecule has 0 aromatic heterocycles. The molecule has 118 valence electrons. The quantitative estimate of drug-likeness (QED) is 0.264. The summed E-state index contributed by atoms with van der Waals surface area (Å²) in [5, 5.41) is 0. The van der Waals surface area contributed by atoms with Crippen molar-refractivity contribution in [3.63, 3.8) is 0 Å². The van der Waals surface area contributed by atoms with Crippen molar-refractivity contribution in [1.29, 1.82) is 0 Å². The Kier molecular flexibility index (Phi) is 18.2. The highest BCUT2D eigenvalue weighted by Crippen LogP contribution is 2.02. The molecule has 0 saturated heterocycles. The lowest BCUT2D eigenvalue weighted by atomic mass is 10.2. The molecule has 1 heteroatoms. The lowest BCUT2D eigenvalue weighted by molar-refractivity contribution is 1.19.